The molecule has 0 bridgehead atoms. The lowest BCUT2D eigenvalue weighted by molar-refractivity contribution is -0.245. The van der Waals surface area contributed by atoms with Crippen molar-refractivity contribution in [1.29, 1.82) is 0 Å². The number of aromatic nitrogens is 3. The maximum atomic E-state index is 12.6. The fraction of sp³-hybridized carbons (Fsp3) is 0.282. The molecule has 1 fully saturated rings. The van der Waals surface area contributed by atoms with Crippen LogP contribution in [0.5, 0.6) is 0 Å². The van der Waals surface area contributed by atoms with Crippen molar-refractivity contribution in [3.8, 4) is 11.1 Å². The molecule has 0 unspecified atom stereocenters. The average Bonchev–Trinajstić information content (AvgIpc) is 3.58. The minimum atomic E-state index is -0.596. The fourth-order valence-corrected chi connectivity index (χ4v) is 6.75. The highest BCUT2D eigenvalue weighted by Crippen LogP contribution is 2.40. The van der Waals surface area contributed by atoms with Gasteiger partial charge in [0.1, 0.15) is 6.33 Å². The summed E-state index contributed by atoms with van der Waals surface area (Å²) in [5.41, 5.74) is 12.7. The van der Waals surface area contributed by atoms with Gasteiger partial charge in [-0.3, -0.25) is 9.59 Å². The first-order valence-electron chi connectivity index (χ1n) is 16.9. The van der Waals surface area contributed by atoms with E-state index in [1.807, 2.05) is 72.3 Å². The molecule has 264 valence electrons. The van der Waals surface area contributed by atoms with Gasteiger partial charge < -0.3 is 35.5 Å². The van der Waals surface area contributed by atoms with E-state index in [4.69, 9.17) is 15.2 Å². The third-order valence-electron chi connectivity index (χ3n) is 8.63. The van der Waals surface area contributed by atoms with E-state index in [0.29, 0.717) is 36.5 Å². The quantitative estimate of drug-likeness (QED) is 0.0768. The zero-order chi connectivity index (χ0) is 35.6. The smallest absolute Gasteiger partial charge is 0.224 e. The molecule has 1 aliphatic rings. The molecule has 11 nitrogen and oxygen atoms in total. The Labute approximate surface area is 301 Å². The molecule has 12 heteroatoms. The third-order valence-corrected chi connectivity index (χ3v) is 9.80. The van der Waals surface area contributed by atoms with Crippen molar-refractivity contribution in [2.75, 3.05) is 16.8 Å². The predicted octanol–water partition coefficient (Wildman–Crippen LogP) is 6.32. The second-order valence-electron chi connectivity index (χ2n) is 12.5. The molecular weight excluding hydrogens is 665 g/mol. The second kappa shape index (κ2) is 17.3. The molecule has 2 amide bonds. The molecule has 0 aliphatic carbocycles. The van der Waals surface area contributed by atoms with Gasteiger partial charge in [0.25, 0.3) is 0 Å². The van der Waals surface area contributed by atoms with E-state index in [1.165, 1.54) is 0 Å². The number of hydrogen-bond donors (Lipinski definition) is 4. The highest BCUT2D eigenvalue weighted by molar-refractivity contribution is 7.99. The molecule has 6 rings (SSSR count). The van der Waals surface area contributed by atoms with Gasteiger partial charge in [-0.15, -0.1) is 10.2 Å². The molecule has 5 aromatic rings. The van der Waals surface area contributed by atoms with Gasteiger partial charge in [-0.1, -0.05) is 84.6 Å². The Morgan fingerprint density at radius 2 is 1.67 bits per heavy atom. The number of aliphatic hydroxyl groups excluding tert-OH is 1. The third kappa shape index (κ3) is 9.83. The first-order valence-corrected chi connectivity index (χ1v) is 17.9. The summed E-state index contributed by atoms with van der Waals surface area (Å²) in [4.78, 5) is 24.9. The highest BCUT2D eigenvalue weighted by Gasteiger charge is 2.32. The highest BCUT2D eigenvalue weighted by atomic mass is 32.2. The number of ether oxygens (including phenoxy) is 2. The number of rotatable bonds is 14. The van der Waals surface area contributed by atoms with Crippen molar-refractivity contribution < 1.29 is 24.2 Å². The summed E-state index contributed by atoms with van der Waals surface area (Å²) in [5, 5.41) is 24.3. The van der Waals surface area contributed by atoms with Crippen LogP contribution >= 0.6 is 11.8 Å². The van der Waals surface area contributed by atoms with Gasteiger partial charge in [-0.2, -0.15) is 0 Å². The van der Waals surface area contributed by atoms with Crippen LogP contribution in [-0.4, -0.2) is 43.5 Å². The van der Waals surface area contributed by atoms with E-state index in [9.17, 15) is 14.7 Å². The van der Waals surface area contributed by atoms with Crippen LogP contribution in [0.15, 0.2) is 109 Å². The number of carbonyl (C=O) groups is 2. The number of benzene rings is 4. The summed E-state index contributed by atoms with van der Waals surface area (Å²) in [7, 11) is 1.92. The number of aryl methyl sites for hydroxylation is 1. The van der Waals surface area contributed by atoms with Crippen molar-refractivity contribution in [2.45, 2.75) is 62.5 Å². The number of nitrogens with two attached hydrogens (primary N) is 1. The number of para-hydroxylation sites is 2. The molecule has 0 radical (unpaired) electrons. The number of nitrogens with one attached hydrogen (secondary N) is 2. The van der Waals surface area contributed by atoms with Crippen LogP contribution in [0.2, 0.25) is 0 Å². The van der Waals surface area contributed by atoms with E-state index in [2.05, 4.69) is 33.0 Å². The van der Waals surface area contributed by atoms with E-state index < -0.39 is 6.29 Å². The Bertz CT molecular complexity index is 1930. The minimum Gasteiger partial charge on any atom is -0.397 e. The Hall–Kier alpha value is -5.01. The molecule has 0 saturated carbocycles. The van der Waals surface area contributed by atoms with Crippen LogP contribution in [-0.2, 0) is 39.3 Å². The van der Waals surface area contributed by atoms with Gasteiger partial charge in [-0.25, -0.2) is 0 Å². The predicted molar refractivity (Wildman–Crippen MR) is 197 cm³/mol. The number of hydrogen-bond acceptors (Lipinski definition) is 9. The second-order valence-corrected chi connectivity index (χ2v) is 13.5. The zero-order valence-corrected chi connectivity index (χ0v) is 29.2. The summed E-state index contributed by atoms with van der Waals surface area (Å²) in [6.07, 6.45) is 2.34. The van der Waals surface area contributed by atoms with Crippen LogP contribution in [0.1, 0.15) is 60.3 Å². The molecule has 4 aromatic carbocycles. The van der Waals surface area contributed by atoms with Crippen molar-refractivity contribution in [1.82, 2.24) is 20.1 Å². The topological polar surface area (TPSA) is 154 Å². The SMILES string of the molecule is Cn1cnnc1SC[C@H]1C[C@@H](c2ccc(CO)cc2)O[C@@H](c2cccc(-c3cccc(CNC(=O)CCCC(=O)Nc4ccccc4N)c3)c2)O1. The monoisotopic (exact) mass is 706 g/mol. The Kier molecular flexibility index (Phi) is 12.1. The summed E-state index contributed by atoms with van der Waals surface area (Å²) in [5.74, 6) is 0.387. The summed E-state index contributed by atoms with van der Waals surface area (Å²) >= 11 is 1.60. The number of carbonyl (C=O) groups excluding carboxylic acids is 2. The number of thioether (sulfide) groups is 1. The Morgan fingerprint density at radius 3 is 2.43 bits per heavy atom. The van der Waals surface area contributed by atoms with Crippen LogP contribution < -0.4 is 16.4 Å². The van der Waals surface area contributed by atoms with Gasteiger partial charge >= 0.3 is 0 Å². The van der Waals surface area contributed by atoms with Crippen LogP contribution in [0.3, 0.4) is 0 Å². The van der Waals surface area contributed by atoms with Gasteiger partial charge in [0, 0.05) is 44.2 Å². The standard InChI is InChI=1S/C39H42N6O5S/c1-45-25-42-44-39(45)51-24-32-21-35(28-17-15-26(23-46)16-18-28)50-38(49-32)31-10-5-9-30(20-31)29-8-4-7-27(19-29)22-41-36(47)13-6-14-37(48)43-34-12-3-2-11-33(34)40/h2-5,7-12,15-20,25,32,35,38,46H,6,13-14,21-24,40H2,1H3,(H,41,47)(H,43,48)/t32-,35+,38+/m1/s1. The number of anilines is 2. The minimum absolute atomic E-state index is 0.0128. The maximum Gasteiger partial charge on any atom is 0.224 e. The van der Waals surface area contributed by atoms with Gasteiger partial charge in [0.2, 0.25) is 11.8 Å². The van der Waals surface area contributed by atoms with Gasteiger partial charge in [0.05, 0.1) is 30.2 Å². The van der Waals surface area contributed by atoms with E-state index in [1.54, 1.807) is 42.4 Å². The maximum absolute atomic E-state index is 12.6. The molecule has 0 spiro atoms. The average molecular weight is 707 g/mol. The fourth-order valence-electron chi connectivity index (χ4n) is 5.84. The first-order chi connectivity index (χ1) is 24.8. The molecule has 2 heterocycles. The van der Waals surface area contributed by atoms with Crippen LogP contribution in [0.4, 0.5) is 11.4 Å². The lowest BCUT2D eigenvalue weighted by Crippen LogP contribution is -2.31. The van der Waals surface area contributed by atoms with Crippen molar-refractivity contribution in [3.63, 3.8) is 0 Å². The van der Waals surface area contributed by atoms with Crippen LogP contribution in [0, 0.1) is 0 Å². The molecule has 1 aromatic heterocycles. The summed E-state index contributed by atoms with van der Waals surface area (Å²) in [6.45, 7) is 0.358. The Balaban J connectivity index is 1.07. The van der Waals surface area contributed by atoms with E-state index >= 15 is 0 Å². The molecular formula is C39H42N6O5S. The summed E-state index contributed by atoms with van der Waals surface area (Å²) < 4.78 is 15.0. The zero-order valence-electron chi connectivity index (χ0n) is 28.4. The van der Waals surface area contributed by atoms with E-state index in [0.717, 1.165) is 38.5 Å². The molecule has 3 atom stereocenters. The molecule has 1 aliphatic heterocycles. The number of nitrogens with zero attached hydrogens (tertiary/aromatic N) is 3. The lowest BCUT2D eigenvalue weighted by Gasteiger charge is -2.36. The van der Waals surface area contributed by atoms with Crippen molar-refractivity contribution >= 4 is 35.0 Å². The van der Waals surface area contributed by atoms with Crippen LogP contribution in [0.25, 0.3) is 11.1 Å². The number of aliphatic hydroxyl groups is 1. The largest absolute Gasteiger partial charge is 0.397 e. The molecule has 1 saturated heterocycles. The number of nitrogen functional groups attached to an aromatic ring is 1. The molecule has 5 N–H and O–H groups in total. The summed E-state index contributed by atoms with van der Waals surface area (Å²) in [6, 6.07) is 31.1. The van der Waals surface area contributed by atoms with Gasteiger partial charge in [-0.05, 0) is 58.5 Å². The first kappa shape index (κ1) is 35.8. The molecule has 51 heavy (non-hydrogen) atoms. The van der Waals surface area contributed by atoms with Crippen molar-refractivity contribution in [2.24, 2.45) is 7.05 Å². The van der Waals surface area contributed by atoms with E-state index in [-0.39, 0.29) is 43.5 Å². The Morgan fingerprint density at radius 1 is 0.902 bits per heavy atom. The van der Waals surface area contributed by atoms with Crippen molar-refractivity contribution in [3.05, 3.63) is 126 Å². The van der Waals surface area contributed by atoms with Gasteiger partial charge in [0.15, 0.2) is 11.4 Å². The number of amides is 2. The lowest BCUT2D eigenvalue weighted by atomic mass is 9.99. The normalized spacial score (nSPS) is 17.2.